The average molecular weight is 269 g/mol. The first kappa shape index (κ1) is 18.3. The van der Waals surface area contributed by atoms with Crippen LogP contribution in [-0.2, 0) is 4.79 Å². The van der Waals surface area contributed by atoms with Gasteiger partial charge in [-0.3, -0.25) is 0 Å². The monoisotopic (exact) mass is 269 g/mol. The van der Waals surface area contributed by atoms with Crippen molar-refractivity contribution in [2.24, 2.45) is 4.99 Å². The fourth-order valence-electron chi connectivity index (χ4n) is 2.29. The van der Waals surface area contributed by atoms with Crippen LogP contribution in [0.3, 0.4) is 0 Å². The average Bonchev–Trinajstić information content (AvgIpc) is 2.43. The van der Waals surface area contributed by atoms with E-state index in [1.54, 1.807) is 6.08 Å². The maximum absolute atomic E-state index is 9.84. The topological polar surface area (TPSA) is 49.7 Å². The Morgan fingerprint density at radius 1 is 0.632 bits per heavy atom. The lowest BCUT2D eigenvalue weighted by atomic mass is 10.0. The summed E-state index contributed by atoms with van der Waals surface area (Å²) < 4.78 is 0. The predicted octanol–water partition coefficient (Wildman–Crippen LogP) is 4.39. The van der Waals surface area contributed by atoms with Crippen molar-refractivity contribution in [2.45, 2.75) is 83.5 Å². The molecule has 1 N–H and O–H groups in total. The van der Waals surface area contributed by atoms with Gasteiger partial charge in [-0.1, -0.05) is 70.6 Å². The molecule has 0 aliphatic heterocycles. The molecule has 0 radical (unpaired) electrons. The normalized spacial score (nSPS) is 10.4. The smallest absolute Gasteiger partial charge is 0.234 e. The van der Waals surface area contributed by atoms with Crippen LogP contribution in [0.15, 0.2) is 4.99 Å². The maximum atomic E-state index is 9.84. The molecule has 0 aromatic heterocycles. The summed E-state index contributed by atoms with van der Waals surface area (Å²) in [6.45, 7) is 1.00. The zero-order chi connectivity index (χ0) is 14.0. The summed E-state index contributed by atoms with van der Waals surface area (Å²) in [4.78, 5) is 13.4. The highest BCUT2D eigenvalue weighted by Gasteiger charge is 1.93. The molecule has 0 spiro atoms. The molecule has 0 saturated heterocycles. The van der Waals surface area contributed by atoms with Crippen LogP contribution < -0.4 is 0 Å². The van der Waals surface area contributed by atoms with E-state index >= 15 is 0 Å². The third-order valence-corrected chi connectivity index (χ3v) is 3.49. The Kier molecular flexibility index (Phi) is 16.7. The third-order valence-electron chi connectivity index (χ3n) is 3.49. The first-order valence-corrected chi connectivity index (χ1v) is 8.06. The highest BCUT2D eigenvalue weighted by atomic mass is 16.2. The summed E-state index contributed by atoms with van der Waals surface area (Å²) in [5, 5.41) is 8.65. The van der Waals surface area contributed by atoms with Gasteiger partial charge in [0.2, 0.25) is 6.08 Å². The van der Waals surface area contributed by atoms with Crippen LogP contribution in [0.25, 0.3) is 0 Å². The second-order valence-electron chi connectivity index (χ2n) is 5.29. The number of nitrogens with zero attached hydrogens (tertiary/aromatic N) is 1. The van der Waals surface area contributed by atoms with Gasteiger partial charge in [-0.25, -0.2) is 9.79 Å². The minimum Gasteiger partial charge on any atom is -0.396 e. The SMILES string of the molecule is O=C=NCCCCCCCCCCCCCCCO. The number of unbranched alkanes of at least 4 members (excludes halogenated alkanes) is 12. The van der Waals surface area contributed by atoms with Crippen LogP contribution in [0.2, 0.25) is 0 Å². The minimum atomic E-state index is 0.349. The number of aliphatic imine (C=N–C) groups is 1. The molecule has 0 aromatic carbocycles. The number of hydrogen-bond acceptors (Lipinski definition) is 3. The van der Waals surface area contributed by atoms with Crippen LogP contribution in [0.4, 0.5) is 0 Å². The summed E-state index contributed by atoms with van der Waals surface area (Å²) in [5.41, 5.74) is 0. The summed E-state index contributed by atoms with van der Waals surface area (Å²) in [7, 11) is 0. The van der Waals surface area contributed by atoms with E-state index in [0.29, 0.717) is 13.2 Å². The highest BCUT2D eigenvalue weighted by Crippen LogP contribution is 2.12. The Labute approximate surface area is 118 Å². The Bertz CT molecular complexity index is 213. The zero-order valence-corrected chi connectivity index (χ0v) is 12.4. The van der Waals surface area contributed by atoms with E-state index in [9.17, 15) is 4.79 Å². The molecule has 0 unspecified atom stereocenters. The maximum Gasteiger partial charge on any atom is 0.234 e. The fourth-order valence-corrected chi connectivity index (χ4v) is 2.29. The fraction of sp³-hybridized carbons (Fsp3) is 0.938. The van der Waals surface area contributed by atoms with E-state index in [0.717, 1.165) is 12.8 Å². The van der Waals surface area contributed by atoms with E-state index in [-0.39, 0.29) is 0 Å². The summed E-state index contributed by atoms with van der Waals surface area (Å²) >= 11 is 0. The second kappa shape index (κ2) is 17.3. The molecule has 0 amide bonds. The molecule has 19 heavy (non-hydrogen) atoms. The molecule has 0 saturated carbocycles. The number of rotatable bonds is 15. The Morgan fingerprint density at radius 3 is 1.37 bits per heavy atom. The van der Waals surface area contributed by atoms with Gasteiger partial charge in [0.05, 0.1) is 6.54 Å². The van der Waals surface area contributed by atoms with Gasteiger partial charge in [0.15, 0.2) is 0 Å². The molecule has 0 rings (SSSR count). The molecular formula is C16H31NO2. The number of aliphatic hydroxyl groups is 1. The molecule has 0 aromatic rings. The molecule has 0 bridgehead atoms. The molecule has 0 aliphatic carbocycles. The van der Waals surface area contributed by atoms with Gasteiger partial charge in [-0.2, -0.15) is 0 Å². The van der Waals surface area contributed by atoms with Crippen LogP contribution >= 0.6 is 0 Å². The highest BCUT2D eigenvalue weighted by molar-refractivity contribution is 5.32. The van der Waals surface area contributed by atoms with Crippen molar-refractivity contribution in [1.29, 1.82) is 0 Å². The number of hydrogen-bond donors (Lipinski definition) is 1. The van der Waals surface area contributed by atoms with Gasteiger partial charge in [-0.05, 0) is 12.8 Å². The predicted molar refractivity (Wildman–Crippen MR) is 80.1 cm³/mol. The van der Waals surface area contributed by atoms with Gasteiger partial charge in [0.1, 0.15) is 0 Å². The molecule has 0 fully saturated rings. The Morgan fingerprint density at radius 2 is 1.00 bits per heavy atom. The summed E-state index contributed by atoms with van der Waals surface area (Å²) in [6.07, 6.45) is 18.0. The molecule has 3 heteroatoms. The first-order valence-electron chi connectivity index (χ1n) is 8.06. The second-order valence-corrected chi connectivity index (χ2v) is 5.29. The van der Waals surface area contributed by atoms with Crippen molar-refractivity contribution in [3.63, 3.8) is 0 Å². The minimum absolute atomic E-state index is 0.349. The quantitative estimate of drug-likeness (QED) is 0.272. The van der Waals surface area contributed by atoms with Crippen LogP contribution in [-0.4, -0.2) is 24.3 Å². The molecule has 3 nitrogen and oxygen atoms in total. The molecular weight excluding hydrogens is 238 g/mol. The van der Waals surface area contributed by atoms with Crippen molar-refractivity contribution < 1.29 is 9.90 Å². The molecule has 0 aliphatic rings. The molecule has 112 valence electrons. The summed E-state index contributed by atoms with van der Waals surface area (Å²) in [5.74, 6) is 0. The zero-order valence-electron chi connectivity index (χ0n) is 12.4. The van der Waals surface area contributed by atoms with Gasteiger partial charge in [0.25, 0.3) is 0 Å². The lowest BCUT2D eigenvalue weighted by Gasteiger charge is -2.02. The van der Waals surface area contributed by atoms with E-state index in [1.807, 2.05) is 0 Å². The van der Waals surface area contributed by atoms with E-state index < -0.39 is 0 Å². The number of isocyanates is 1. The van der Waals surface area contributed by atoms with Crippen LogP contribution in [0, 0.1) is 0 Å². The number of carbonyl (C=O) groups excluding carboxylic acids is 1. The van der Waals surface area contributed by atoms with Crippen LogP contribution in [0.5, 0.6) is 0 Å². The molecule has 0 atom stereocenters. The lowest BCUT2D eigenvalue weighted by Crippen LogP contribution is -1.85. The van der Waals surface area contributed by atoms with E-state index in [2.05, 4.69) is 4.99 Å². The van der Waals surface area contributed by atoms with Crippen molar-refractivity contribution in [2.75, 3.05) is 13.2 Å². The largest absolute Gasteiger partial charge is 0.396 e. The van der Waals surface area contributed by atoms with Crippen molar-refractivity contribution in [1.82, 2.24) is 0 Å². The first-order chi connectivity index (χ1) is 9.41. The third kappa shape index (κ3) is 17.3. The molecule has 0 heterocycles. The van der Waals surface area contributed by atoms with Gasteiger partial charge >= 0.3 is 0 Å². The van der Waals surface area contributed by atoms with Gasteiger partial charge < -0.3 is 5.11 Å². The summed E-state index contributed by atoms with van der Waals surface area (Å²) in [6, 6.07) is 0. The van der Waals surface area contributed by atoms with E-state index in [1.165, 1.54) is 70.6 Å². The Balaban J connectivity index is 2.93. The van der Waals surface area contributed by atoms with Crippen LogP contribution in [0.1, 0.15) is 83.5 Å². The van der Waals surface area contributed by atoms with Crippen molar-refractivity contribution >= 4 is 6.08 Å². The lowest BCUT2D eigenvalue weighted by molar-refractivity contribution is 0.282. The van der Waals surface area contributed by atoms with Gasteiger partial charge in [0, 0.05) is 6.61 Å². The number of aliphatic hydroxyl groups excluding tert-OH is 1. The standard InChI is InChI=1S/C16H31NO2/c18-15-13-11-9-7-5-3-1-2-4-6-8-10-12-14-17-16-19/h18H,1-15H2. The van der Waals surface area contributed by atoms with Crippen molar-refractivity contribution in [3.8, 4) is 0 Å². The van der Waals surface area contributed by atoms with E-state index in [4.69, 9.17) is 5.11 Å². The van der Waals surface area contributed by atoms with Gasteiger partial charge in [-0.15, -0.1) is 0 Å². The Hall–Kier alpha value is -0.660. The van der Waals surface area contributed by atoms with Crippen molar-refractivity contribution in [3.05, 3.63) is 0 Å².